The van der Waals surface area contributed by atoms with E-state index in [9.17, 15) is 4.79 Å². The molecular formula is C13H16N6OS. The summed E-state index contributed by atoms with van der Waals surface area (Å²) < 4.78 is 1.54. The summed E-state index contributed by atoms with van der Waals surface area (Å²) in [4.78, 5) is 22.0. The molecule has 1 saturated heterocycles. The number of thioether (sulfide) groups is 1. The molecule has 7 nitrogen and oxygen atoms in total. The minimum atomic E-state index is -0.131. The maximum absolute atomic E-state index is 11.0. The van der Waals surface area contributed by atoms with Gasteiger partial charge in [0.2, 0.25) is 5.91 Å². The largest absolute Gasteiger partial charge is 0.367 e. The van der Waals surface area contributed by atoms with E-state index in [0.717, 1.165) is 30.3 Å². The van der Waals surface area contributed by atoms with Gasteiger partial charge in [0, 0.05) is 31.5 Å². The highest BCUT2D eigenvalue weighted by Gasteiger charge is 2.12. The van der Waals surface area contributed by atoms with E-state index in [1.54, 1.807) is 17.1 Å². The van der Waals surface area contributed by atoms with Gasteiger partial charge < -0.3 is 10.2 Å². The molecular weight excluding hydrogens is 288 g/mol. The number of hydrogen-bond donors (Lipinski definition) is 1. The standard InChI is InChI=1S/C13H16N6OS/c1-10(20)17-11-6-16-19(9-11)13-14-7-12(8-15-13)18-2-4-21-5-3-18/h6-9H,2-5H2,1H3,(H,17,20). The Kier molecular flexibility index (Phi) is 4.05. The minimum Gasteiger partial charge on any atom is -0.367 e. The van der Waals surface area contributed by atoms with Crippen LogP contribution in [-0.4, -0.2) is 50.3 Å². The molecule has 0 aromatic carbocycles. The first-order valence-corrected chi connectivity index (χ1v) is 7.85. The quantitative estimate of drug-likeness (QED) is 0.917. The van der Waals surface area contributed by atoms with E-state index in [1.165, 1.54) is 6.92 Å². The van der Waals surface area contributed by atoms with Crippen molar-refractivity contribution < 1.29 is 4.79 Å². The summed E-state index contributed by atoms with van der Waals surface area (Å²) in [6.45, 7) is 3.52. The molecule has 0 radical (unpaired) electrons. The van der Waals surface area contributed by atoms with E-state index in [4.69, 9.17) is 0 Å². The van der Waals surface area contributed by atoms with Gasteiger partial charge in [-0.1, -0.05) is 0 Å². The van der Waals surface area contributed by atoms with Crippen LogP contribution in [0.2, 0.25) is 0 Å². The highest BCUT2D eigenvalue weighted by Crippen LogP contribution is 2.18. The zero-order valence-electron chi connectivity index (χ0n) is 11.7. The van der Waals surface area contributed by atoms with Gasteiger partial charge in [-0.3, -0.25) is 4.79 Å². The number of rotatable bonds is 3. The Morgan fingerprint density at radius 1 is 1.24 bits per heavy atom. The normalized spacial score (nSPS) is 15.0. The summed E-state index contributed by atoms with van der Waals surface area (Å²) in [6.07, 6.45) is 6.89. The molecule has 0 saturated carbocycles. The highest BCUT2D eigenvalue weighted by atomic mass is 32.2. The van der Waals surface area contributed by atoms with Crippen LogP contribution in [0, 0.1) is 0 Å². The number of aromatic nitrogens is 4. The molecule has 1 amide bonds. The molecule has 1 aliphatic heterocycles. The van der Waals surface area contributed by atoms with Crippen molar-refractivity contribution >= 4 is 29.0 Å². The van der Waals surface area contributed by atoms with Crippen LogP contribution >= 0.6 is 11.8 Å². The van der Waals surface area contributed by atoms with Gasteiger partial charge in [0.25, 0.3) is 5.95 Å². The third kappa shape index (κ3) is 3.33. The van der Waals surface area contributed by atoms with Crippen molar-refractivity contribution in [3.8, 4) is 5.95 Å². The third-order valence-corrected chi connectivity index (χ3v) is 4.05. The first-order valence-electron chi connectivity index (χ1n) is 6.70. The summed E-state index contributed by atoms with van der Waals surface area (Å²) in [6, 6.07) is 0. The van der Waals surface area contributed by atoms with Crippen molar-refractivity contribution in [2.24, 2.45) is 0 Å². The molecule has 0 bridgehead atoms. The number of carbonyl (C=O) groups excluding carboxylic acids is 1. The summed E-state index contributed by atoms with van der Waals surface area (Å²) in [5.74, 6) is 2.64. The van der Waals surface area contributed by atoms with Gasteiger partial charge in [0.05, 0.1) is 36.2 Å². The first-order chi connectivity index (χ1) is 10.2. The zero-order valence-corrected chi connectivity index (χ0v) is 12.5. The van der Waals surface area contributed by atoms with E-state index in [-0.39, 0.29) is 5.91 Å². The predicted molar refractivity (Wildman–Crippen MR) is 83.0 cm³/mol. The fourth-order valence-electron chi connectivity index (χ4n) is 2.12. The Morgan fingerprint density at radius 3 is 2.62 bits per heavy atom. The van der Waals surface area contributed by atoms with Crippen LogP contribution in [0.3, 0.4) is 0 Å². The van der Waals surface area contributed by atoms with Crippen LogP contribution in [0.4, 0.5) is 11.4 Å². The van der Waals surface area contributed by atoms with Crippen molar-refractivity contribution in [3.63, 3.8) is 0 Å². The molecule has 110 valence electrons. The Bertz CT molecular complexity index is 620. The molecule has 0 aliphatic carbocycles. The number of nitrogens with one attached hydrogen (secondary N) is 1. The van der Waals surface area contributed by atoms with Gasteiger partial charge in [0.1, 0.15) is 0 Å². The van der Waals surface area contributed by atoms with Crippen LogP contribution in [0.15, 0.2) is 24.8 Å². The van der Waals surface area contributed by atoms with Crippen molar-refractivity contribution in [1.82, 2.24) is 19.7 Å². The smallest absolute Gasteiger partial charge is 0.250 e. The molecule has 3 rings (SSSR count). The molecule has 3 heterocycles. The summed E-state index contributed by atoms with van der Waals surface area (Å²) in [5.41, 5.74) is 1.66. The Hall–Kier alpha value is -2.09. The molecule has 1 fully saturated rings. The fourth-order valence-corrected chi connectivity index (χ4v) is 3.02. The third-order valence-electron chi connectivity index (χ3n) is 3.11. The van der Waals surface area contributed by atoms with E-state index in [0.29, 0.717) is 11.6 Å². The number of nitrogens with zero attached hydrogens (tertiary/aromatic N) is 5. The topological polar surface area (TPSA) is 75.9 Å². The van der Waals surface area contributed by atoms with Crippen molar-refractivity contribution in [1.29, 1.82) is 0 Å². The van der Waals surface area contributed by atoms with Gasteiger partial charge >= 0.3 is 0 Å². The van der Waals surface area contributed by atoms with Crippen LogP contribution in [0.25, 0.3) is 5.95 Å². The van der Waals surface area contributed by atoms with Gasteiger partial charge in [-0.15, -0.1) is 0 Å². The van der Waals surface area contributed by atoms with Crippen molar-refractivity contribution in [2.75, 3.05) is 34.8 Å². The second kappa shape index (κ2) is 6.13. The molecule has 2 aromatic heterocycles. The zero-order chi connectivity index (χ0) is 14.7. The molecule has 1 N–H and O–H groups in total. The minimum absolute atomic E-state index is 0.131. The predicted octanol–water partition coefficient (Wildman–Crippen LogP) is 1.17. The van der Waals surface area contributed by atoms with Crippen LogP contribution < -0.4 is 10.2 Å². The van der Waals surface area contributed by atoms with Crippen LogP contribution in [0.5, 0.6) is 0 Å². The average Bonchev–Trinajstić information content (AvgIpc) is 2.96. The van der Waals surface area contributed by atoms with E-state index in [1.807, 2.05) is 24.2 Å². The summed E-state index contributed by atoms with van der Waals surface area (Å²) in [5, 5.41) is 6.81. The first kappa shape index (κ1) is 13.9. The maximum Gasteiger partial charge on any atom is 0.250 e. The lowest BCUT2D eigenvalue weighted by Gasteiger charge is -2.27. The molecule has 8 heteroatoms. The number of carbonyl (C=O) groups is 1. The maximum atomic E-state index is 11.0. The molecule has 0 spiro atoms. The lowest BCUT2D eigenvalue weighted by molar-refractivity contribution is -0.114. The van der Waals surface area contributed by atoms with E-state index >= 15 is 0 Å². The lowest BCUT2D eigenvalue weighted by Crippen LogP contribution is -2.32. The van der Waals surface area contributed by atoms with E-state index in [2.05, 4.69) is 25.3 Å². The second-order valence-corrected chi connectivity index (χ2v) is 5.92. The SMILES string of the molecule is CC(=O)Nc1cnn(-c2ncc(N3CCSCC3)cn2)c1. The number of amides is 1. The molecule has 1 aliphatic rings. The van der Waals surface area contributed by atoms with Gasteiger partial charge in [-0.2, -0.15) is 16.9 Å². The molecule has 21 heavy (non-hydrogen) atoms. The summed E-state index contributed by atoms with van der Waals surface area (Å²) in [7, 11) is 0. The lowest BCUT2D eigenvalue weighted by atomic mass is 10.4. The monoisotopic (exact) mass is 304 g/mol. The molecule has 2 aromatic rings. The van der Waals surface area contributed by atoms with Crippen molar-refractivity contribution in [2.45, 2.75) is 6.92 Å². The Labute approximate surface area is 126 Å². The highest BCUT2D eigenvalue weighted by molar-refractivity contribution is 7.99. The van der Waals surface area contributed by atoms with Crippen LogP contribution in [-0.2, 0) is 4.79 Å². The van der Waals surface area contributed by atoms with Crippen molar-refractivity contribution in [3.05, 3.63) is 24.8 Å². The molecule has 0 atom stereocenters. The second-order valence-electron chi connectivity index (χ2n) is 4.70. The van der Waals surface area contributed by atoms with Crippen LogP contribution in [0.1, 0.15) is 6.92 Å². The molecule has 0 unspecified atom stereocenters. The fraction of sp³-hybridized carbons (Fsp3) is 0.385. The van der Waals surface area contributed by atoms with Gasteiger partial charge in [-0.25, -0.2) is 14.6 Å². The number of anilines is 2. The number of hydrogen-bond acceptors (Lipinski definition) is 6. The van der Waals surface area contributed by atoms with Gasteiger partial charge in [0.15, 0.2) is 0 Å². The van der Waals surface area contributed by atoms with Gasteiger partial charge in [-0.05, 0) is 0 Å². The Morgan fingerprint density at radius 2 is 1.95 bits per heavy atom. The summed E-state index contributed by atoms with van der Waals surface area (Å²) >= 11 is 1.97. The average molecular weight is 304 g/mol. The Balaban J connectivity index is 1.74. The van der Waals surface area contributed by atoms with E-state index < -0.39 is 0 Å².